The van der Waals surface area contributed by atoms with Crippen molar-refractivity contribution in [3.63, 3.8) is 0 Å². The molecule has 0 aromatic heterocycles. The Hall–Kier alpha value is -3.67. The lowest BCUT2D eigenvalue weighted by molar-refractivity contribution is -0.142. The van der Waals surface area contributed by atoms with E-state index in [4.69, 9.17) is 4.74 Å². The van der Waals surface area contributed by atoms with Crippen molar-refractivity contribution in [3.05, 3.63) is 101 Å². The molecule has 3 rings (SSSR count). The molecule has 0 heterocycles. The number of halogens is 1. The number of unbranched alkanes of at least 4 members (excludes halogenated alkanes) is 1. The Bertz CT molecular complexity index is 1130. The molecule has 3 aromatic carbocycles. The van der Waals surface area contributed by atoms with Crippen molar-refractivity contribution in [1.82, 2.24) is 10.2 Å². The van der Waals surface area contributed by atoms with Gasteiger partial charge in [0.05, 0.1) is 0 Å². The maximum atomic E-state index is 13.6. The molecule has 0 bridgehead atoms. The molecule has 6 heteroatoms. The van der Waals surface area contributed by atoms with E-state index in [2.05, 4.69) is 12.2 Å². The number of aryl methyl sites for hydroxylation is 2. The molecule has 0 aliphatic heterocycles. The summed E-state index contributed by atoms with van der Waals surface area (Å²) >= 11 is 0. The molecule has 36 heavy (non-hydrogen) atoms. The first-order valence-corrected chi connectivity index (χ1v) is 12.4. The van der Waals surface area contributed by atoms with Crippen LogP contribution in [0.3, 0.4) is 0 Å². The molecule has 1 atom stereocenters. The van der Waals surface area contributed by atoms with Crippen LogP contribution in [0.25, 0.3) is 0 Å². The zero-order valence-electron chi connectivity index (χ0n) is 21.3. The van der Waals surface area contributed by atoms with Crippen LogP contribution in [0.4, 0.5) is 4.39 Å². The number of benzene rings is 3. The lowest BCUT2D eigenvalue weighted by atomic mass is 10.0. The summed E-state index contributed by atoms with van der Waals surface area (Å²) in [5.74, 6) is -0.254. The van der Waals surface area contributed by atoms with Crippen LogP contribution in [0.15, 0.2) is 72.8 Å². The SMILES string of the molecule is CCCCNC(=O)[C@@H](Cc1ccccc1)N(Cc1ccc(F)cc1)C(=O)COc1ccc(C)cc1C. The quantitative estimate of drug-likeness (QED) is 0.347. The highest BCUT2D eigenvalue weighted by atomic mass is 19.1. The molecular weight excluding hydrogens is 455 g/mol. The number of nitrogens with zero attached hydrogens (tertiary/aromatic N) is 1. The second-order valence-corrected chi connectivity index (χ2v) is 9.06. The van der Waals surface area contributed by atoms with Crippen molar-refractivity contribution in [2.24, 2.45) is 0 Å². The molecule has 2 amide bonds. The minimum Gasteiger partial charge on any atom is -0.483 e. The van der Waals surface area contributed by atoms with Gasteiger partial charge in [-0.1, -0.05) is 73.5 Å². The standard InChI is InChI=1S/C30H35FN2O3/c1-4-5-17-32-30(35)27(19-24-9-7-6-8-10-24)33(20-25-12-14-26(31)15-13-25)29(34)21-36-28-16-11-22(2)18-23(28)3/h6-16,18,27H,4-5,17,19-21H2,1-3H3,(H,32,35)/t27-/m1/s1. The molecule has 5 nitrogen and oxygen atoms in total. The zero-order chi connectivity index (χ0) is 25.9. The van der Waals surface area contributed by atoms with E-state index < -0.39 is 6.04 Å². The molecule has 0 unspecified atom stereocenters. The fourth-order valence-corrected chi connectivity index (χ4v) is 4.03. The van der Waals surface area contributed by atoms with Gasteiger partial charge in [-0.2, -0.15) is 0 Å². The first-order valence-electron chi connectivity index (χ1n) is 12.4. The van der Waals surface area contributed by atoms with Gasteiger partial charge in [-0.3, -0.25) is 9.59 Å². The van der Waals surface area contributed by atoms with Gasteiger partial charge in [-0.15, -0.1) is 0 Å². The predicted molar refractivity (Wildman–Crippen MR) is 140 cm³/mol. The summed E-state index contributed by atoms with van der Waals surface area (Å²) in [6, 6.07) is 20.6. The molecular formula is C30H35FN2O3. The van der Waals surface area contributed by atoms with Crippen molar-refractivity contribution < 1.29 is 18.7 Å². The second kappa shape index (κ2) is 13.4. The topological polar surface area (TPSA) is 58.6 Å². The minimum atomic E-state index is -0.746. The second-order valence-electron chi connectivity index (χ2n) is 9.06. The van der Waals surface area contributed by atoms with Gasteiger partial charge in [0, 0.05) is 19.5 Å². The highest BCUT2D eigenvalue weighted by Gasteiger charge is 2.30. The van der Waals surface area contributed by atoms with Crippen LogP contribution in [0, 0.1) is 19.7 Å². The average Bonchev–Trinajstić information content (AvgIpc) is 2.87. The third-order valence-corrected chi connectivity index (χ3v) is 6.05. The molecule has 0 saturated carbocycles. The Morgan fingerprint density at radius 1 is 0.972 bits per heavy atom. The molecule has 190 valence electrons. The van der Waals surface area contributed by atoms with Crippen molar-refractivity contribution >= 4 is 11.8 Å². The molecule has 0 aliphatic carbocycles. The number of carbonyl (C=O) groups is 2. The largest absolute Gasteiger partial charge is 0.483 e. The Balaban J connectivity index is 1.88. The third-order valence-electron chi connectivity index (χ3n) is 6.05. The summed E-state index contributed by atoms with van der Waals surface area (Å²) in [6.07, 6.45) is 2.16. The van der Waals surface area contributed by atoms with E-state index >= 15 is 0 Å². The van der Waals surface area contributed by atoms with Crippen molar-refractivity contribution in [3.8, 4) is 5.75 Å². The van der Waals surface area contributed by atoms with Crippen LogP contribution in [0.1, 0.15) is 42.0 Å². The monoisotopic (exact) mass is 490 g/mol. The van der Waals surface area contributed by atoms with E-state index in [0.29, 0.717) is 18.7 Å². The average molecular weight is 491 g/mol. The van der Waals surface area contributed by atoms with E-state index in [1.165, 1.54) is 12.1 Å². The Morgan fingerprint density at radius 3 is 2.36 bits per heavy atom. The summed E-state index contributed by atoms with van der Waals surface area (Å²) in [6.45, 7) is 6.48. The Morgan fingerprint density at radius 2 is 1.69 bits per heavy atom. The fourth-order valence-electron chi connectivity index (χ4n) is 4.03. The van der Waals surface area contributed by atoms with Crippen LogP contribution in [0.5, 0.6) is 5.75 Å². The molecule has 0 radical (unpaired) electrons. The molecule has 0 aliphatic rings. The van der Waals surface area contributed by atoms with Gasteiger partial charge in [0.1, 0.15) is 17.6 Å². The smallest absolute Gasteiger partial charge is 0.261 e. The number of nitrogens with one attached hydrogen (secondary N) is 1. The van der Waals surface area contributed by atoms with Crippen LogP contribution in [-0.2, 0) is 22.6 Å². The fraction of sp³-hybridized carbons (Fsp3) is 0.333. The van der Waals surface area contributed by atoms with Gasteiger partial charge in [0.25, 0.3) is 5.91 Å². The Kier molecular flexibility index (Phi) is 10.0. The van der Waals surface area contributed by atoms with Crippen molar-refractivity contribution in [1.29, 1.82) is 0 Å². The molecule has 0 fully saturated rings. The van der Waals surface area contributed by atoms with Crippen LogP contribution in [0.2, 0.25) is 0 Å². The predicted octanol–water partition coefficient (Wildman–Crippen LogP) is 5.38. The summed E-state index contributed by atoms with van der Waals surface area (Å²) in [5.41, 5.74) is 3.72. The summed E-state index contributed by atoms with van der Waals surface area (Å²) in [7, 11) is 0. The van der Waals surface area contributed by atoms with Gasteiger partial charge in [0.15, 0.2) is 6.61 Å². The number of carbonyl (C=O) groups excluding carboxylic acids is 2. The van der Waals surface area contributed by atoms with Crippen molar-refractivity contribution in [2.75, 3.05) is 13.2 Å². The lowest BCUT2D eigenvalue weighted by Crippen LogP contribution is -2.51. The first-order chi connectivity index (χ1) is 17.4. The lowest BCUT2D eigenvalue weighted by Gasteiger charge is -2.31. The van der Waals surface area contributed by atoms with Crippen molar-refractivity contribution in [2.45, 2.75) is 52.6 Å². The van der Waals surface area contributed by atoms with E-state index in [0.717, 1.165) is 35.1 Å². The summed E-state index contributed by atoms with van der Waals surface area (Å²) in [5, 5.41) is 2.99. The molecule has 0 saturated heterocycles. The summed E-state index contributed by atoms with van der Waals surface area (Å²) < 4.78 is 19.4. The normalized spacial score (nSPS) is 11.6. The zero-order valence-corrected chi connectivity index (χ0v) is 21.3. The molecule has 1 N–H and O–H groups in total. The van der Waals surface area contributed by atoms with Crippen LogP contribution >= 0.6 is 0 Å². The number of ether oxygens (including phenoxy) is 1. The van der Waals surface area contributed by atoms with Crippen LogP contribution < -0.4 is 10.1 Å². The van der Waals surface area contributed by atoms with Gasteiger partial charge in [0.2, 0.25) is 5.91 Å². The first kappa shape index (κ1) is 26.9. The van der Waals surface area contributed by atoms with E-state index in [-0.39, 0.29) is 30.8 Å². The van der Waals surface area contributed by atoms with Gasteiger partial charge in [-0.05, 0) is 55.2 Å². The number of amides is 2. The number of rotatable bonds is 12. The van der Waals surface area contributed by atoms with Gasteiger partial charge < -0.3 is 15.0 Å². The molecule has 0 spiro atoms. The highest BCUT2D eigenvalue weighted by molar-refractivity contribution is 5.88. The maximum absolute atomic E-state index is 13.6. The molecule has 3 aromatic rings. The number of hydrogen-bond donors (Lipinski definition) is 1. The van der Waals surface area contributed by atoms with Gasteiger partial charge in [-0.25, -0.2) is 4.39 Å². The maximum Gasteiger partial charge on any atom is 0.261 e. The summed E-state index contributed by atoms with van der Waals surface area (Å²) in [4.78, 5) is 28.5. The van der Waals surface area contributed by atoms with E-state index in [1.807, 2.05) is 62.4 Å². The Labute approximate surface area is 213 Å². The number of hydrogen-bond acceptors (Lipinski definition) is 3. The highest BCUT2D eigenvalue weighted by Crippen LogP contribution is 2.20. The third kappa shape index (κ3) is 7.94. The minimum absolute atomic E-state index is 0.161. The van der Waals surface area contributed by atoms with E-state index in [9.17, 15) is 14.0 Å². The van der Waals surface area contributed by atoms with Crippen LogP contribution in [-0.4, -0.2) is 35.9 Å². The van der Waals surface area contributed by atoms with Gasteiger partial charge >= 0.3 is 0 Å². The van der Waals surface area contributed by atoms with E-state index in [1.54, 1.807) is 17.0 Å².